The van der Waals surface area contributed by atoms with E-state index in [1.165, 1.54) is 14.2 Å². The van der Waals surface area contributed by atoms with Crippen LogP contribution < -0.4 is 14.8 Å². The number of carbonyl (C=O) groups is 1. The van der Waals surface area contributed by atoms with Crippen LogP contribution in [0.1, 0.15) is 24.4 Å². The van der Waals surface area contributed by atoms with Crippen molar-refractivity contribution in [2.75, 3.05) is 14.2 Å². The molecule has 0 aromatic heterocycles. The lowest BCUT2D eigenvalue weighted by Crippen LogP contribution is -2.45. The highest BCUT2D eigenvalue weighted by atomic mass is 79.9. The molecule has 1 amide bonds. The molecular weight excluding hydrogens is 344 g/mol. The summed E-state index contributed by atoms with van der Waals surface area (Å²) in [6.45, 7) is 0. The van der Waals surface area contributed by atoms with Gasteiger partial charge in [0.1, 0.15) is 6.04 Å². The van der Waals surface area contributed by atoms with Crippen LogP contribution in [-0.4, -0.2) is 31.1 Å². The summed E-state index contributed by atoms with van der Waals surface area (Å²) in [4.78, 5) is 22.4. The van der Waals surface area contributed by atoms with Crippen molar-refractivity contribution in [1.82, 2.24) is 5.32 Å². The van der Waals surface area contributed by atoms with E-state index in [2.05, 4.69) is 21.2 Å². The van der Waals surface area contributed by atoms with Crippen LogP contribution in [0.5, 0.6) is 11.5 Å². The highest BCUT2D eigenvalue weighted by molar-refractivity contribution is 9.10. The maximum Gasteiger partial charge on any atom is 0.237 e. The molecule has 1 N–H and O–H groups in total. The van der Waals surface area contributed by atoms with Gasteiger partial charge in [-0.05, 0) is 33.6 Å². The molecule has 1 saturated heterocycles. The summed E-state index contributed by atoms with van der Waals surface area (Å²) in [5.74, 6) is 0.758. The third-order valence-corrected chi connectivity index (χ3v) is 4.04. The Labute approximate surface area is 129 Å². The summed E-state index contributed by atoms with van der Waals surface area (Å²) >= 11 is 3.35. The van der Waals surface area contributed by atoms with Gasteiger partial charge in [-0.15, -0.1) is 0 Å². The Morgan fingerprint density at radius 3 is 2.67 bits per heavy atom. The first-order valence-electron chi connectivity index (χ1n) is 6.32. The number of carbonyl (C=O) groups excluding carboxylic acids is 1. The lowest BCUT2D eigenvalue weighted by atomic mass is 9.92. The summed E-state index contributed by atoms with van der Waals surface area (Å²) in [5, 5.41) is 13.9. The summed E-state index contributed by atoms with van der Waals surface area (Å²) in [6.07, 6.45) is 0.381. The van der Waals surface area contributed by atoms with Gasteiger partial charge in [0, 0.05) is 17.8 Å². The van der Waals surface area contributed by atoms with E-state index in [1.54, 1.807) is 12.1 Å². The largest absolute Gasteiger partial charge is 0.493 e. The number of ether oxygens (including phenoxy) is 2. The first-order chi connectivity index (χ1) is 9.97. The Kier molecular flexibility index (Phi) is 4.66. The van der Waals surface area contributed by atoms with Crippen LogP contribution in [-0.2, 0) is 4.79 Å². The summed E-state index contributed by atoms with van der Waals surface area (Å²) < 4.78 is 11.1. The number of hydrogen-bond donors (Lipinski definition) is 1. The van der Waals surface area contributed by atoms with Gasteiger partial charge in [-0.25, -0.2) is 0 Å². The number of rotatable bonds is 4. The molecule has 0 saturated carbocycles. The van der Waals surface area contributed by atoms with E-state index in [9.17, 15) is 14.9 Å². The first kappa shape index (κ1) is 15.6. The van der Waals surface area contributed by atoms with Crippen molar-refractivity contribution in [3.63, 3.8) is 0 Å². The van der Waals surface area contributed by atoms with Crippen LogP contribution in [0.25, 0.3) is 0 Å². The molecule has 1 fully saturated rings. The molecule has 0 radical (unpaired) electrons. The van der Waals surface area contributed by atoms with Crippen LogP contribution in [0.15, 0.2) is 16.6 Å². The van der Waals surface area contributed by atoms with Gasteiger partial charge < -0.3 is 14.8 Å². The fourth-order valence-corrected chi connectivity index (χ4v) is 3.06. The number of piperidine rings is 1. The molecule has 8 heteroatoms. The Balaban J connectivity index is 2.45. The van der Waals surface area contributed by atoms with Crippen LogP contribution in [0.2, 0.25) is 0 Å². The normalized spacial score (nSPS) is 21.6. The maximum atomic E-state index is 11.6. The van der Waals surface area contributed by atoms with Crippen LogP contribution >= 0.6 is 15.9 Å². The minimum Gasteiger partial charge on any atom is -0.493 e. The Morgan fingerprint density at radius 2 is 2.10 bits per heavy atom. The van der Waals surface area contributed by atoms with E-state index in [4.69, 9.17) is 9.47 Å². The predicted molar refractivity (Wildman–Crippen MR) is 78.1 cm³/mol. The van der Waals surface area contributed by atoms with Crippen molar-refractivity contribution in [1.29, 1.82) is 0 Å². The van der Waals surface area contributed by atoms with Crippen LogP contribution in [0.3, 0.4) is 0 Å². The number of amides is 1. The Hall–Kier alpha value is -1.83. The lowest BCUT2D eigenvalue weighted by molar-refractivity contribution is -0.529. The van der Waals surface area contributed by atoms with Crippen LogP contribution in [0.4, 0.5) is 0 Å². The minimum absolute atomic E-state index is 0.163. The molecule has 2 rings (SSSR count). The number of halogens is 1. The van der Waals surface area contributed by atoms with E-state index >= 15 is 0 Å². The van der Waals surface area contributed by atoms with E-state index in [1.807, 2.05) is 0 Å². The molecule has 114 valence electrons. The molecule has 7 nitrogen and oxygen atoms in total. The van der Waals surface area contributed by atoms with Gasteiger partial charge in [0.05, 0.1) is 18.7 Å². The van der Waals surface area contributed by atoms with Gasteiger partial charge in [0.15, 0.2) is 11.5 Å². The van der Waals surface area contributed by atoms with Crippen molar-refractivity contribution in [2.45, 2.75) is 24.9 Å². The smallest absolute Gasteiger partial charge is 0.237 e. The van der Waals surface area contributed by atoms with Gasteiger partial charge in [-0.1, -0.05) is 0 Å². The predicted octanol–water partition coefficient (Wildman–Crippen LogP) is 2.06. The molecule has 21 heavy (non-hydrogen) atoms. The molecule has 1 aliphatic rings. The van der Waals surface area contributed by atoms with E-state index in [0.717, 1.165) is 0 Å². The minimum atomic E-state index is -0.854. The lowest BCUT2D eigenvalue weighted by Gasteiger charge is -2.27. The quantitative estimate of drug-likeness (QED) is 0.657. The number of nitrogens with zero attached hydrogens (tertiary/aromatic N) is 1. The van der Waals surface area contributed by atoms with E-state index < -0.39 is 12.1 Å². The SMILES string of the molecule is COc1cc([C@@H]2NC(=O)CC[C@@H]2[N+](=O)[O-])cc(Br)c1OC. The van der Waals surface area contributed by atoms with Gasteiger partial charge in [-0.2, -0.15) is 0 Å². The molecular formula is C13H15BrN2O5. The van der Waals surface area contributed by atoms with E-state index in [0.29, 0.717) is 21.5 Å². The number of methoxy groups -OCH3 is 2. The summed E-state index contributed by atoms with van der Waals surface area (Å²) in [6, 6.07) is 1.81. The van der Waals surface area contributed by atoms with Crippen molar-refractivity contribution < 1.29 is 19.2 Å². The highest BCUT2D eigenvalue weighted by Gasteiger charge is 2.38. The van der Waals surface area contributed by atoms with Gasteiger partial charge in [-0.3, -0.25) is 14.9 Å². The highest BCUT2D eigenvalue weighted by Crippen LogP contribution is 2.39. The molecule has 1 aromatic rings. The van der Waals surface area contributed by atoms with Gasteiger partial charge in [0.25, 0.3) is 0 Å². The van der Waals surface area contributed by atoms with E-state index in [-0.39, 0.29) is 23.7 Å². The van der Waals surface area contributed by atoms with Crippen LogP contribution in [0, 0.1) is 10.1 Å². The fourth-order valence-electron chi connectivity index (χ4n) is 2.44. The van der Waals surface area contributed by atoms with Gasteiger partial charge in [0.2, 0.25) is 11.9 Å². The maximum absolute atomic E-state index is 11.6. The molecule has 0 aliphatic carbocycles. The average molecular weight is 359 g/mol. The zero-order valence-corrected chi connectivity index (χ0v) is 13.2. The average Bonchev–Trinajstić information content (AvgIpc) is 2.45. The second kappa shape index (κ2) is 6.30. The second-order valence-electron chi connectivity index (χ2n) is 4.67. The Bertz CT molecular complexity index is 578. The molecule has 1 aromatic carbocycles. The standard InChI is InChI=1S/C13H15BrN2O5/c1-20-10-6-7(5-8(14)13(10)21-2)12-9(16(18)19)3-4-11(17)15-12/h5-6,9,12H,3-4H2,1-2H3,(H,15,17)/t9-,12-/m0/s1. The number of hydrogen-bond acceptors (Lipinski definition) is 5. The Morgan fingerprint density at radius 1 is 1.38 bits per heavy atom. The third-order valence-electron chi connectivity index (χ3n) is 3.45. The monoisotopic (exact) mass is 358 g/mol. The molecule has 0 bridgehead atoms. The molecule has 0 unspecified atom stereocenters. The van der Waals surface area contributed by atoms with Gasteiger partial charge >= 0.3 is 0 Å². The van der Waals surface area contributed by atoms with Crippen molar-refractivity contribution in [3.8, 4) is 11.5 Å². The topological polar surface area (TPSA) is 90.7 Å². The zero-order valence-electron chi connectivity index (χ0n) is 11.6. The van der Waals surface area contributed by atoms with Crippen molar-refractivity contribution in [2.24, 2.45) is 0 Å². The fraction of sp³-hybridized carbons (Fsp3) is 0.462. The zero-order chi connectivity index (χ0) is 15.6. The molecule has 1 heterocycles. The number of nitrogens with one attached hydrogen (secondary N) is 1. The summed E-state index contributed by atoms with van der Waals surface area (Å²) in [7, 11) is 2.99. The first-order valence-corrected chi connectivity index (χ1v) is 7.11. The third kappa shape index (κ3) is 3.10. The van der Waals surface area contributed by atoms with Crippen molar-refractivity contribution in [3.05, 3.63) is 32.3 Å². The molecule has 0 spiro atoms. The second-order valence-corrected chi connectivity index (χ2v) is 5.53. The number of benzene rings is 1. The van der Waals surface area contributed by atoms with Crippen molar-refractivity contribution >= 4 is 21.8 Å². The molecule has 2 atom stereocenters. The molecule has 1 aliphatic heterocycles. The summed E-state index contributed by atoms with van der Waals surface area (Å²) in [5.41, 5.74) is 0.606. The number of nitro groups is 1.